The largest absolute Gasteiger partial charge is 0.455 e. The molecule has 1 aliphatic carbocycles. The monoisotopic (exact) mass is 628 g/mol. The van der Waals surface area contributed by atoms with E-state index in [0.29, 0.717) is 17.4 Å². The van der Waals surface area contributed by atoms with Crippen molar-refractivity contribution in [2.24, 2.45) is 5.92 Å². The zero-order chi connectivity index (χ0) is 32.6. The number of nitrogens with zero attached hydrogens (tertiary/aromatic N) is 4. The van der Waals surface area contributed by atoms with E-state index in [2.05, 4.69) is 120 Å². The Balaban J connectivity index is 1.18. The molecule has 3 aromatic heterocycles. The smallest absolute Gasteiger partial charge is 0.161 e. The van der Waals surface area contributed by atoms with Gasteiger partial charge in [0.2, 0.25) is 0 Å². The number of fused-ring (bicyclic) bond motifs is 9. The van der Waals surface area contributed by atoms with Crippen LogP contribution in [0.5, 0.6) is 0 Å². The standard InChI is InChI=1S/C44H28N4O/c1-26-13-20-31-28(23-26)17-22-40-42(31)36-24-29(32-9-6-10-34-33-7-3-5-12-41(33)49-43(32)34)16-21-39(36)48(40)30-18-14-27(15-19-30)44-46-37-11-4-2-8-35(37)38(25-45)47-44/h2-22,24,26H,23H2,1H3. The van der Waals surface area contributed by atoms with Gasteiger partial charge in [-0.2, -0.15) is 5.26 Å². The minimum atomic E-state index is 0.383. The van der Waals surface area contributed by atoms with E-state index in [0.717, 1.165) is 72.7 Å². The van der Waals surface area contributed by atoms with Crippen LogP contribution < -0.4 is 0 Å². The number of nitriles is 1. The molecule has 0 N–H and O–H groups in total. The van der Waals surface area contributed by atoms with Crippen molar-refractivity contribution in [1.82, 2.24) is 14.5 Å². The van der Waals surface area contributed by atoms with Gasteiger partial charge in [-0.3, -0.25) is 0 Å². The highest BCUT2D eigenvalue weighted by Gasteiger charge is 2.21. The van der Waals surface area contributed by atoms with Gasteiger partial charge in [0.1, 0.15) is 17.2 Å². The van der Waals surface area contributed by atoms with E-state index in [4.69, 9.17) is 9.40 Å². The maximum Gasteiger partial charge on any atom is 0.161 e. The lowest BCUT2D eigenvalue weighted by Crippen LogP contribution is -2.03. The van der Waals surface area contributed by atoms with Crippen LogP contribution in [0.4, 0.5) is 0 Å². The third kappa shape index (κ3) is 4.17. The Hall–Kier alpha value is -6.51. The van der Waals surface area contributed by atoms with Crippen LogP contribution in [-0.4, -0.2) is 14.5 Å². The van der Waals surface area contributed by atoms with Crippen molar-refractivity contribution < 1.29 is 4.42 Å². The lowest BCUT2D eigenvalue weighted by molar-refractivity contribution is 0.670. The van der Waals surface area contributed by atoms with Gasteiger partial charge in [0, 0.05) is 43.7 Å². The van der Waals surface area contributed by atoms with E-state index in [1.165, 1.54) is 21.9 Å². The van der Waals surface area contributed by atoms with Crippen molar-refractivity contribution >= 4 is 60.7 Å². The molecule has 0 amide bonds. The molecule has 1 unspecified atom stereocenters. The first-order chi connectivity index (χ1) is 24.1. The van der Waals surface area contributed by atoms with E-state index in [1.54, 1.807) is 0 Å². The first-order valence-corrected chi connectivity index (χ1v) is 16.6. The van der Waals surface area contributed by atoms with Gasteiger partial charge in [0.25, 0.3) is 0 Å². The van der Waals surface area contributed by atoms with Crippen LogP contribution >= 0.6 is 0 Å². The lowest BCUT2D eigenvalue weighted by Gasteiger charge is -2.17. The number of aromatic nitrogens is 3. The minimum Gasteiger partial charge on any atom is -0.455 e. The van der Waals surface area contributed by atoms with Gasteiger partial charge >= 0.3 is 0 Å². The molecule has 5 heteroatoms. The van der Waals surface area contributed by atoms with E-state index in [9.17, 15) is 5.26 Å². The maximum atomic E-state index is 9.80. The molecular formula is C44H28N4O. The first-order valence-electron chi connectivity index (χ1n) is 16.6. The number of hydrogen-bond donors (Lipinski definition) is 0. The summed E-state index contributed by atoms with van der Waals surface area (Å²) in [5.41, 5.74) is 12.0. The topological polar surface area (TPSA) is 67.6 Å². The Morgan fingerprint density at radius 3 is 2.39 bits per heavy atom. The van der Waals surface area contributed by atoms with Crippen LogP contribution in [0.3, 0.4) is 0 Å². The number of para-hydroxylation sites is 3. The predicted octanol–water partition coefficient (Wildman–Crippen LogP) is 11.0. The summed E-state index contributed by atoms with van der Waals surface area (Å²) in [7, 11) is 0. The molecule has 0 saturated heterocycles. The fraction of sp³-hybridized carbons (Fsp3) is 0.0682. The summed E-state index contributed by atoms with van der Waals surface area (Å²) < 4.78 is 8.81. The molecule has 10 rings (SSSR count). The summed E-state index contributed by atoms with van der Waals surface area (Å²) in [6.07, 6.45) is 5.67. The van der Waals surface area contributed by atoms with Gasteiger partial charge in [-0.1, -0.05) is 79.7 Å². The average molecular weight is 629 g/mol. The van der Waals surface area contributed by atoms with Crippen LogP contribution in [-0.2, 0) is 6.42 Å². The van der Waals surface area contributed by atoms with Crippen molar-refractivity contribution in [3.63, 3.8) is 0 Å². The lowest BCUT2D eigenvalue weighted by atomic mass is 9.88. The molecule has 0 radical (unpaired) electrons. The quantitative estimate of drug-likeness (QED) is 0.195. The number of hydrogen-bond acceptors (Lipinski definition) is 4. The fourth-order valence-electron chi connectivity index (χ4n) is 7.70. The molecule has 49 heavy (non-hydrogen) atoms. The van der Waals surface area contributed by atoms with Gasteiger partial charge in [-0.25, -0.2) is 9.97 Å². The van der Waals surface area contributed by atoms with Gasteiger partial charge in [0.05, 0.1) is 16.6 Å². The normalized spacial score (nSPS) is 14.2. The second kappa shape index (κ2) is 10.5. The molecule has 6 aromatic carbocycles. The molecule has 3 heterocycles. The highest BCUT2D eigenvalue weighted by molar-refractivity contribution is 6.16. The zero-order valence-electron chi connectivity index (χ0n) is 26.7. The van der Waals surface area contributed by atoms with Gasteiger partial charge in [0.15, 0.2) is 11.5 Å². The molecule has 0 spiro atoms. The molecule has 230 valence electrons. The summed E-state index contributed by atoms with van der Waals surface area (Å²) >= 11 is 0. The zero-order valence-corrected chi connectivity index (χ0v) is 26.7. The average Bonchev–Trinajstić information content (AvgIpc) is 3.70. The van der Waals surface area contributed by atoms with E-state index in [1.807, 2.05) is 36.4 Å². The van der Waals surface area contributed by atoms with Gasteiger partial charge in [-0.05, 0) is 89.7 Å². The van der Waals surface area contributed by atoms with Crippen molar-refractivity contribution in [2.45, 2.75) is 13.3 Å². The third-order valence-electron chi connectivity index (χ3n) is 10.0. The molecule has 5 nitrogen and oxygen atoms in total. The Kier molecular flexibility index (Phi) is 5.91. The third-order valence-corrected chi connectivity index (χ3v) is 10.0. The molecule has 9 aromatic rings. The van der Waals surface area contributed by atoms with Crippen molar-refractivity contribution in [2.75, 3.05) is 0 Å². The molecule has 1 aliphatic rings. The Labute approximate surface area is 282 Å². The molecule has 0 fully saturated rings. The second-order valence-electron chi connectivity index (χ2n) is 13.0. The Bertz CT molecular complexity index is 2880. The summed E-state index contributed by atoms with van der Waals surface area (Å²) in [4.78, 5) is 9.41. The molecule has 0 saturated carbocycles. The van der Waals surface area contributed by atoms with Crippen LogP contribution in [0.15, 0.2) is 132 Å². The second-order valence-corrected chi connectivity index (χ2v) is 13.0. The summed E-state index contributed by atoms with van der Waals surface area (Å²) in [6.45, 7) is 2.28. The summed E-state index contributed by atoms with van der Waals surface area (Å²) in [6, 6.07) is 44.3. The molecule has 1 atom stereocenters. The van der Waals surface area contributed by atoms with Gasteiger partial charge in [-0.15, -0.1) is 0 Å². The Morgan fingerprint density at radius 1 is 0.735 bits per heavy atom. The number of benzene rings is 6. The fourth-order valence-corrected chi connectivity index (χ4v) is 7.70. The highest BCUT2D eigenvalue weighted by atomic mass is 16.3. The van der Waals surface area contributed by atoms with E-state index < -0.39 is 0 Å². The van der Waals surface area contributed by atoms with Crippen molar-refractivity contribution in [3.8, 4) is 34.3 Å². The van der Waals surface area contributed by atoms with Crippen molar-refractivity contribution in [1.29, 1.82) is 5.26 Å². The maximum absolute atomic E-state index is 9.80. The van der Waals surface area contributed by atoms with Crippen LogP contribution in [0.1, 0.15) is 23.7 Å². The SMILES string of the molecule is CC1C=Cc2c(ccc3c2c2cc(-c4cccc5c4oc4ccccc45)ccc2n3-c2ccc(-c3nc(C#N)c4ccccc4n3)cc2)C1. The van der Waals surface area contributed by atoms with Crippen LogP contribution in [0, 0.1) is 17.2 Å². The Morgan fingerprint density at radius 2 is 1.51 bits per heavy atom. The first kappa shape index (κ1) is 27.6. The highest BCUT2D eigenvalue weighted by Crippen LogP contribution is 2.42. The summed E-state index contributed by atoms with van der Waals surface area (Å²) in [5.74, 6) is 1.05. The van der Waals surface area contributed by atoms with Crippen LogP contribution in [0.2, 0.25) is 0 Å². The molecule has 0 aliphatic heterocycles. The van der Waals surface area contributed by atoms with Crippen LogP contribution in [0.25, 0.3) is 88.9 Å². The number of allylic oxidation sites excluding steroid dienone is 1. The van der Waals surface area contributed by atoms with E-state index >= 15 is 0 Å². The number of furan rings is 1. The predicted molar refractivity (Wildman–Crippen MR) is 199 cm³/mol. The minimum absolute atomic E-state index is 0.383. The van der Waals surface area contributed by atoms with Gasteiger partial charge < -0.3 is 8.98 Å². The summed E-state index contributed by atoms with van der Waals surface area (Å²) in [5, 5.41) is 15.3. The number of rotatable bonds is 3. The van der Waals surface area contributed by atoms with E-state index in [-0.39, 0.29) is 0 Å². The van der Waals surface area contributed by atoms with Crippen molar-refractivity contribution in [3.05, 3.63) is 144 Å². The molecule has 0 bridgehead atoms. The molecular weight excluding hydrogens is 601 g/mol.